The zero-order chi connectivity index (χ0) is 43.7. The summed E-state index contributed by atoms with van der Waals surface area (Å²) in [4.78, 5) is 17.3. The van der Waals surface area contributed by atoms with Crippen LogP contribution in [0.3, 0.4) is 0 Å². The third-order valence-electron chi connectivity index (χ3n) is 11.1. The summed E-state index contributed by atoms with van der Waals surface area (Å²) in [6, 6.07) is 39.6. The average Bonchev–Trinajstić information content (AvgIpc) is 3.32. The summed E-state index contributed by atoms with van der Waals surface area (Å²) in [6.07, 6.45) is 33.4. The molecule has 0 bridgehead atoms. The Morgan fingerprint density at radius 2 is 0.857 bits per heavy atom. The number of aromatic nitrogens is 4. The van der Waals surface area contributed by atoms with Gasteiger partial charge in [-0.25, -0.2) is 0 Å². The fourth-order valence-electron chi connectivity index (χ4n) is 7.33. The van der Waals surface area contributed by atoms with E-state index in [1.54, 1.807) is 0 Å². The zero-order valence-corrected chi connectivity index (χ0v) is 41.4. The Labute approximate surface area is 396 Å². The van der Waals surface area contributed by atoms with E-state index >= 15 is 0 Å². The molecule has 0 aliphatic heterocycles. The van der Waals surface area contributed by atoms with Gasteiger partial charge in [-0.1, -0.05) is 154 Å². The Hall–Kier alpha value is -4.35. The quantitative estimate of drug-likeness (QED) is 0.0457. The fourth-order valence-corrected chi connectivity index (χ4v) is 7.33. The number of hydrogen-bond donors (Lipinski definition) is 1. The van der Waals surface area contributed by atoms with Gasteiger partial charge in [0.15, 0.2) is 0 Å². The van der Waals surface area contributed by atoms with Crippen LogP contribution in [0.15, 0.2) is 122 Å². The van der Waals surface area contributed by atoms with Crippen molar-refractivity contribution in [2.45, 2.75) is 156 Å². The summed E-state index contributed by atoms with van der Waals surface area (Å²) >= 11 is 0. The van der Waals surface area contributed by atoms with Gasteiger partial charge >= 0.3 is 0 Å². The maximum atomic E-state index is 4.37. The molecule has 2 aromatic carbocycles. The van der Waals surface area contributed by atoms with Crippen LogP contribution in [-0.2, 0) is 33.1 Å². The summed E-state index contributed by atoms with van der Waals surface area (Å²) < 4.78 is 0. The van der Waals surface area contributed by atoms with Gasteiger partial charge in [-0.05, 0) is 92.3 Å². The van der Waals surface area contributed by atoms with Crippen LogP contribution in [0.4, 0.5) is 0 Å². The van der Waals surface area contributed by atoms with E-state index in [9.17, 15) is 0 Å². The molecule has 0 saturated carbocycles. The first-order valence-corrected chi connectivity index (χ1v) is 24.0. The summed E-state index contributed by atoms with van der Waals surface area (Å²) in [5.41, 5.74) is 11.1. The first-order valence-electron chi connectivity index (χ1n) is 24.0. The van der Waals surface area contributed by atoms with Crippen molar-refractivity contribution in [1.29, 1.82) is 0 Å². The molecule has 0 unspecified atom stereocenters. The molecule has 6 heteroatoms. The second-order valence-corrected chi connectivity index (χ2v) is 16.7. The first kappa shape index (κ1) is 53.0. The first-order chi connectivity index (χ1) is 30.6. The predicted molar refractivity (Wildman–Crippen MR) is 264 cm³/mol. The van der Waals surface area contributed by atoms with Crippen LogP contribution in [0.5, 0.6) is 0 Å². The van der Waals surface area contributed by atoms with Crippen molar-refractivity contribution in [3.63, 3.8) is 0 Å². The number of benzene rings is 2. The van der Waals surface area contributed by atoms with Crippen LogP contribution in [0, 0.1) is 26.0 Å². The number of unbranched alkanes of at least 4 members (excludes halogenated alkanes) is 16. The van der Waals surface area contributed by atoms with Crippen LogP contribution in [0.25, 0.3) is 33.9 Å². The van der Waals surface area contributed by atoms with Crippen LogP contribution in [-0.4, -0.2) is 26.5 Å². The van der Waals surface area contributed by atoms with Gasteiger partial charge in [-0.15, -0.1) is 70.8 Å². The van der Waals surface area contributed by atoms with Gasteiger partial charge in [0.2, 0.25) is 0 Å². The monoisotopic (exact) mass is 1020 g/mol. The second-order valence-electron chi connectivity index (χ2n) is 16.7. The van der Waals surface area contributed by atoms with E-state index in [0.29, 0.717) is 0 Å². The van der Waals surface area contributed by atoms with Gasteiger partial charge < -0.3 is 15.3 Å². The van der Waals surface area contributed by atoms with Gasteiger partial charge in [-0.2, -0.15) is 0 Å². The molecule has 1 N–H and O–H groups in total. The molecule has 63 heavy (non-hydrogen) atoms. The normalized spacial score (nSPS) is 10.5. The molecular weight excluding hydrogens is 947 g/mol. The van der Waals surface area contributed by atoms with Crippen molar-refractivity contribution in [1.82, 2.24) is 25.3 Å². The van der Waals surface area contributed by atoms with Gasteiger partial charge in [-0.3, -0.25) is 9.97 Å². The van der Waals surface area contributed by atoms with Crippen molar-refractivity contribution < 1.29 is 20.1 Å². The largest absolute Gasteiger partial charge is 0.321 e. The van der Waals surface area contributed by atoms with Crippen molar-refractivity contribution in [2.75, 3.05) is 6.54 Å². The van der Waals surface area contributed by atoms with E-state index in [4.69, 9.17) is 0 Å². The zero-order valence-electron chi connectivity index (χ0n) is 39.0. The Balaban J connectivity index is 0.000000258. The molecule has 0 aliphatic carbocycles. The third kappa shape index (κ3) is 23.2. The predicted octanol–water partition coefficient (Wildman–Crippen LogP) is 15.5. The molecule has 0 spiro atoms. The van der Waals surface area contributed by atoms with E-state index in [-0.39, 0.29) is 20.1 Å². The molecule has 0 fully saturated rings. The Bertz CT molecular complexity index is 1840. The minimum absolute atomic E-state index is 0. The molecule has 0 amide bonds. The van der Waals surface area contributed by atoms with Crippen molar-refractivity contribution in [3.05, 3.63) is 156 Å². The molecule has 5 nitrogen and oxygen atoms in total. The number of rotatable bonds is 25. The minimum Gasteiger partial charge on any atom is -0.321 e. The Morgan fingerprint density at radius 1 is 0.429 bits per heavy atom. The third-order valence-corrected chi connectivity index (χ3v) is 11.1. The van der Waals surface area contributed by atoms with Gasteiger partial charge in [0, 0.05) is 44.9 Å². The molecule has 0 atom stereocenters. The van der Waals surface area contributed by atoms with Crippen molar-refractivity contribution in [2.24, 2.45) is 0 Å². The number of nitrogens with one attached hydrogen (secondary N) is 1. The van der Waals surface area contributed by atoms with E-state index in [2.05, 4.69) is 101 Å². The Kier molecular flexibility index (Phi) is 28.7. The summed E-state index contributed by atoms with van der Waals surface area (Å²) in [5.74, 6) is 0. The molecule has 6 rings (SSSR count). The van der Waals surface area contributed by atoms with Crippen molar-refractivity contribution in [3.8, 4) is 33.9 Å². The second kappa shape index (κ2) is 34.1. The van der Waals surface area contributed by atoms with Crippen LogP contribution in [0.2, 0.25) is 0 Å². The summed E-state index contributed by atoms with van der Waals surface area (Å²) in [6.45, 7) is 10.7. The molecule has 1 radical (unpaired) electrons. The maximum absolute atomic E-state index is 4.37. The van der Waals surface area contributed by atoms with Gasteiger partial charge in [0.25, 0.3) is 0 Å². The van der Waals surface area contributed by atoms with Crippen LogP contribution < -0.4 is 5.32 Å². The minimum atomic E-state index is 0. The average molecular weight is 1020 g/mol. The SMILES string of the molecule is CCCCCCCCCCCCc1c[c-]c(-c2ccccn2)cc1.CCCCCCCCCCNCc1c[c-]c(-c2ccccn2)cc1.Cc1ccnc(-c2cc(C)ccn2)c1.[Ir]. The number of nitrogens with zero attached hydrogens (tertiary/aromatic N) is 4. The Morgan fingerprint density at radius 3 is 1.27 bits per heavy atom. The maximum Gasteiger partial charge on any atom is 0.0888 e. The summed E-state index contributed by atoms with van der Waals surface area (Å²) in [5, 5.41) is 3.54. The standard InChI is InChI=1S/C23H32N.C22H31N2.C12H12N2.Ir/c1-2-3-4-5-6-7-8-9-10-11-14-21-16-18-22(19-17-21)23-15-12-13-20-24-23;1-2-3-4-5-6-7-8-10-17-23-19-20-13-15-21(16-14-20)22-12-9-11-18-24-22;1-9-3-5-13-11(7-9)12-8-10(2)4-6-14-12;/h12-13,15-18,20H,2-11,14H2,1H3;9,11-15,18,23H,2-8,10,17,19H2,1H3;3-8H,1-2H3;/q2*-1;;. The molecule has 339 valence electrons. The smallest absolute Gasteiger partial charge is 0.0888 e. The van der Waals surface area contributed by atoms with E-state index < -0.39 is 0 Å². The molecule has 4 heterocycles. The number of pyridine rings is 4. The topological polar surface area (TPSA) is 63.6 Å². The van der Waals surface area contributed by atoms with Crippen molar-refractivity contribution >= 4 is 0 Å². The number of hydrogen-bond acceptors (Lipinski definition) is 5. The molecule has 0 aliphatic rings. The fraction of sp³-hybridized carbons (Fsp3) is 0.439. The van der Waals surface area contributed by atoms with Crippen LogP contribution in [0.1, 0.15) is 152 Å². The van der Waals surface area contributed by atoms with Crippen LogP contribution >= 0.6 is 0 Å². The number of aryl methyl sites for hydroxylation is 3. The van der Waals surface area contributed by atoms with Gasteiger partial charge in [0.05, 0.1) is 11.4 Å². The molecule has 0 saturated heterocycles. The molecule has 4 aromatic heterocycles. The van der Waals surface area contributed by atoms with E-state index in [1.807, 2.05) is 85.5 Å². The van der Waals surface area contributed by atoms with E-state index in [1.165, 1.54) is 144 Å². The van der Waals surface area contributed by atoms with E-state index in [0.717, 1.165) is 47.0 Å². The molecular formula is C57H75IrN5-2. The summed E-state index contributed by atoms with van der Waals surface area (Å²) in [7, 11) is 0. The van der Waals surface area contributed by atoms with Gasteiger partial charge in [0.1, 0.15) is 0 Å². The molecule has 6 aromatic rings.